The Bertz CT molecular complexity index is 311. The molecular weight excluding hydrogens is 184 g/mol. The van der Waals surface area contributed by atoms with E-state index >= 15 is 0 Å². The van der Waals surface area contributed by atoms with Crippen LogP contribution in [0.5, 0.6) is 0 Å². The van der Waals surface area contributed by atoms with Gasteiger partial charge in [0.05, 0.1) is 11.8 Å². The first kappa shape index (κ1) is 10.7. The number of carbonyl (C=O) groups is 1. The Morgan fingerprint density at radius 3 is 2.71 bits per heavy atom. The van der Waals surface area contributed by atoms with Crippen molar-refractivity contribution in [1.29, 1.82) is 0 Å². The van der Waals surface area contributed by atoms with Crippen LogP contribution in [0.2, 0.25) is 0 Å². The van der Waals surface area contributed by atoms with Crippen LogP contribution >= 0.6 is 0 Å². The third-order valence-corrected chi connectivity index (χ3v) is 1.82. The second-order valence-corrected chi connectivity index (χ2v) is 3.26. The summed E-state index contributed by atoms with van der Waals surface area (Å²) in [5, 5.41) is 15.2. The van der Waals surface area contributed by atoms with Gasteiger partial charge in [-0.1, -0.05) is 5.16 Å². The van der Waals surface area contributed by atoms with E-state index in [4.69, 9.17) is 9.63 Å². The average molecular weight is 198 g/mol. The predicted octanol–water partition coefficient (Wildman–Crippen LogP) is 0.402. The molecule has 5 nitrogen and oxygen atoms in total. The van der Waals surface area contributed by atoms with Gasteiger partial charge in [0.25, 0.3) is 5.91 Å². The topological polar surface area (TPSA) is 75.4 Å². The number of aromatic nitrogens is 1. The molecule has 1 amide bonds. The van der Waals surface area contributed by atoms with E-state index in [2.05, 4.69) is 10.5 Å². The number of hydrogen-bond acceptors (Lipinski definition) is 4. The lowest BCUT2D eigenvalue weighted by molar-refractivity contribution is 0.0922. The van der Waals surface area contributed by atoms with Crippen LogP contribution in [0.1, 0.15) is 28.7 Å². The average Bonchev–Trinajstić information content (AvgIpc) is 2.42. The minimum atomic E-state index is -0.556. The van der Waals surface area contributed by atoms with E-state index < -0.39 is 6.10 Å². The fourth-order valence-electron chi connectivity index (χ4n) is 1.14. The van der Waals surface area contributed by atoms with Crippen molar-refractivity contribution in [3.63, 3.8) is 0 Å². The van der Waals surface area contributed by atoms with Gasteiger partial charge in [0, 0.05) is 6.54 Å². The predicted molar refractivity (Wildman–Crippen MR) is 50.0 cm³/mol. The van der Waals surface area contributed by atoms with Gasteiger partial charge in [-0.2, -0.15) is 0 Å². The molecule has 1 atom stereocenters. The lowest BCUT2D eigenvalue weighted by Gasteiger charge is -2.05. The molecular formula is C9H14N2O3. The number of nitrogens with one attached hydrogen (secondary N) is 1. The Morgan fingerprint density at radius 2 is 2.29 bits per heavy atom. The van der Waals surface area contributed by atoms with Crippen LogP contribution in [0, 0.1) is 13.8 Å². The molecule has 1 aromatic rings. The van der Waals surface area contributed by atoms with E-state index in [0.717, 1.165) is 0 Å². The SMILES string of the molecule is Cc1noc(C)c1C(=O)NCC(C)O. The van der Waals surface area contributed by atoms with Crippen molar-refractivity contribution in [1.82, 2.24) is 10.5 Å². The fourth-order valence-corrected chi connectivity index (χ4v) is 1.14. The van der Waals surface area contributed by atoms with Crippen molar-refractivity contribution in [3.05, 3.63) is 17.0 Å². The summed E-state index contributed by atoms with van der Waals surface area (Å²) in [7, 11) is 0. The second-order valence-electron chi connectivity index (χ2n) is 3.26. The number of rotatable bonds is 3. The summed E-state index contributed by atoms with van der Waals surface area (Å²) in [6, 6.07) is 0. The maximum Gasteiger partial charge on any atom is 0.256 e. The monoisotopic (exact) mass is 198 g/mol. The summed E-state index contributed by atoms with van der Waals surface area (Å²) >= 11 is 0. The first-order valence-corrected chi connectivity index (χ1v) is 4.41. The van der Waals surface area contributed by atoms with Gasteiger partial charge in [-0.3, -0.25) is 4.79 Å². The molecule has 1 heterocycles. The van der Waals surface area contributed by atoms with Gasteiger partial charge in [0.2, 0.25) is 0 Å². The van der Waals surface area contributed by atoms with Gasteiger partial charge < -0.3 is 14.9 Å². The molecule has 2 N–H and O–H groups in total. The van der Waals surface area contributed by atoms with E-state index in [0.29, 0.717) is 17.0 Å². The van der Waals surface area contributed by atoms with Gasteiger partial charge in [-0.25, -0.2) is 0 Å². The van der Waals surface area contributed by atoms with E-state index in [1.165, 1.54) is 0 Å². The number of aryl methyl sites for hydroxylation is 2. The molecule has 1 aromatic heterocycles. The molecule has 78 valence electrons. The van der Waals surface area contributed by atoms with Crippen molar-refractivity contribution in [3.8, 4) is 0 Å². The molecule has 0 spiro atoms. The van der Waals surface area contributed by atoms with E-state index in [9.17, 15) is 4.79 Å². The van der Waals surface area contributed by atoms with Crippen molar-refractivity contribution in [2.75, 3.05) is 6.54 Å². The minimum Gasteiger partial charge on any atom is -0.392 e. The first-order valence-electron chi connectivity index (χ1n) is 4.41. The summed E-state index contributed by atoms with van der Waals surface area (Å²) in [5.74, 6) is 0.229. The van der Waals surface area contributed by atoms with Gasteiger partial charge in [-0.15, -0.1) is 0 Å². The summed E-state index contributed by atoms with van der Waals surface area (Å²) in [5.41, 5.74) is 1.01. The van der Waals surface area contributed by atoms with Gasteiger partial charge >= 0.3 is 0 Å². The second kappa shape index (κ2) is 4.23. The Labute approximate surface area is 82.1 Å². The molecule has 14 heavy (non-hydrogen) atoms. The van der Waals surface area contributed by atoms with Crippen LogP contribution in [0.3, 0.4) is 0 Å². The van der Waals surface area contributed by atoms with Gasteiger partial charge in [-0.05, 0) is 20.8 Å². The minimum absolute atomic E-state index is 0.225. The number of aliphatic hydroxyl groups excluding tert-OH is 1. The molecule has 0 aliphatic carbocycles. The first-order chi connectivity index (χ1) is 6.52. The number of aliphatic hydroxyl groups is 1. The van der Waals surface area contributed by atoms with Crippen molar-refractivity contribution >= 4 is 5.91 Å². The quantitative estimate of drug-likeness (QED) is 0.737. The number of amides is 1. The molecule has 0 aromatic carbocycles. The third kappa shape index (κ3) is 2.32. The van der Waals surface area contributed by atoms with Crippen LogP contribution in [0.15, 0.2) is 4.52 Å². The maximum absolute atomic E-state index is 11.5. The normalized spacial score (nSPS) is 12.6. The van der Waals surface area contributed by atoms with E-state index in [1.807, 2.05) is 0 Å². The van der Waals surface area contributed by atoms with Crippen LogP contribution < -0.4 is 5.32 Å². The standard InChI is InChI=1S/C9H14N2O3/c1-5(12)4-10-9(13)8-6(2)11-14-7(8)3/h5,12H,4H2,1-3H3,(H,10,13). The van der Waals surface area contributed by atoms with Crippen molar-refractivity contribution < 1.29 is 14.4 Å². The maximum atomic E-state index is 11.5. The molecule has 0 saturated carbocycles. The highest BCUT2D eigenvalue weighted by Crippen LogP contribution is 2.11. The largest absolute Gasteiger partial charge is 0.392 e. The lowest BCUT2D eigenvalue weighted by Crippen LogP contribution is -2.31. The van der Waals surface area contributed by atoms with Crippen LogP contribution in [0.25, 0.3) is 0 Å². The summed E-state index contributed by atoms with van der Waals surface area (Å²) in [6.07, 6.45) is -0.556. The molecule has 5 heteroatoms. The highest BCUT2D eigenvalue weighted by molar-refractivity contribution is 5.96. The van der Waals surface area contributed by atoms with Crippen molar-refractivity contribution in [2.45, 2.75) is 26.9 Å². The van der Waals surface area contributed by atoms with E-state index in [-0.39, 0.29) is 12.5 Å². The zero-order chi connectivity index (χ0) is 10.7. The zero-order valence-electron chi connectivity index (χ0n) is 8.50. The highest BCUT2D eigenvalue weighted by atomic mass is 16.5. The molecule has 0 aliphatic rings. The molecule has 1 unspecified atom stereocenters. The van der Waals surface area contributed by atoms with Crippen molar-refractivity contribution in [2.24, 2.45) is 0 Å². The van der Waals surface area contributed by atoms with Crippen LogP contribution in [-0.2, 0) is 0 Å². The highest BCUT2D eigenvalue weighted by Gasteiger charge is 2.16. The Morgan fingerprint density at radius 1 is 1.64 bits per heavy atom. The molecule has 0 aliphatic heterocycles. The summed E-state index contributed by atoms with van der Waals surface area (Å²) < 4.78 is 4.85. The zero-order valence-corrected chi connectivity index (χ0v) is 8.50. The molecule has 1 rings (SSSR count). The molecule has 0 saturated heterocycles. The van der Waals surface area contributed by atoms with Gasteiger partial charge in [0.1, 0.15) is 11.3 Å². The van der Waals surface area contributed by atoms with Crippen LogP contribution in [0.4, 0.5) is 0 Å². The lowest BCUT2D eigenvalue weighted by atomic mass is 10.2. The summed E-state index contributed by atoms with van der Waals surface area (Å²) in [4.78, 5) is 11.5. The number of nitrogens with zero attached hydrogens (tertiary/aromatic N) is 1. The Kier molecular flexibility index (Phi) is 3.24. The third-order valence-electron chi connectivity index (χ3n) is 1.82. The Balaban J connectivity index is 2.70. The van der Waals surface area contributed by atoms with Gasteiger partial charge in [0.15, 0.2) is 0 Å². The Hall–Kier alpha value is -1.36. The van der Waals surface area contributed by atoms with E-state index in [1.54, 1.807) is 20.8 Å². The number of hydrogen-bond donors (Lipinski definition) is 2. The number of carbonyl (C=O) groups excluding carboxylic acids is 1. The molecule has 0 fully saturated rings. The fraction of sp³-hybridized carbons (Fsp3) is 0.556. The van der Waals surface area contributed by atoms with Crippen LogP contribution in [-0.4, -0.2) is 28.8 Å². The molecule has 0 bridgehead atoms. The summed E-state index contributed by atoms with van der Waals surface area (Å²) in [6.45, 7) is 5.21. The smallest absolute Gasteiger partial charge is 0.256 e. The molecule has 0 radical (unpaired) electrons.